The molecule has 1 aromatic heterocycles. The lowest BCUT2D eigenvalue weighted by atomic mass is 10.1. The van der Waals surface area contributed by atoms with Crippen LogP contribution in [-0.2, 0) is 16.0 Å². The number of thiophene rings is 1. The molecule has 0 bridgehead atoms. The molecule has 0 aliphatic rings. The Balaban J connectivity index is 3.06. The highest BCUT2D eigenvalue weighted by molar-refractivity contribution is 7.16. The summed E-state index contributed by atoms with van der Waals surface area (Å²) in [6, 6.07) is -0.558. The molecule has 0 aromatic carbocycles. The van der Waals surface area contributed by atoms with E-state index < -0.39 is 12.0 Å². The van der Waals surface area contributed by atoms with Gasteiger partial charge in [-0.05, 0) is 32.3 Å². The van der Waals surface area contributed by atoms with Crippen LogP contribution >= 0.6 is 11.3 Å². The van der Waals surface area contributed by atoms with Gasteiger partial charge in [0.05, 0.1) is 18.2 Å². The van der Waals surface area contributed by atoms with Crippen molar-refractivity contribution in [2.24, 2.45) is 5.73 Å². The number of rotatable bonds is 7. The van der Waals surface area contributed by atoms with Crippen molar-refractivity contribution in [2.45, 2.75) is 53.0 Å². The first-order valence-corrected chi connectivity index (χ1v) is 8.13. The number of nitrogens with two attached hydrogens (primary N) is 1. The molecule has 21 heavy (non-hydrogen) atoms. The Hall–Kier alpha value is -1.40. The van der Waals surface area contributed by atoms with E-state index in [9.17, 15) is 9.59 Å². The highest BCUT2D eigenvalue weighted by Crippen LogP contribution is 2.34. The first-order valence-electron chi connectivity index (χ1n) is 7.31. The zero-order valence-electron chi connectivity index (χ0n) is 13.1. The molecule has 0 spiro atoms. The third kappa shape index (κ3) is 4.28. The summed E-state index contributed by atoms with van der Waals surface area (Å²) in [5, 5.41) is 3.32. The van der Waals surface area contributed by atoms with E-state index in [-0.39, 0.29) is 5.91 Å². The summed E-state index contributed by atoms with van der Waals surface area (Å²) < 4.78 is 5.10. The number of ether oxygens (including phenoxy) is 1. The van der Waals surface area contributed by atoms with Crippen molar-refractivity contribution in [3.05, 3.63) is 16.0 Å². The molecule has 1 aromatic rings. The molecule has 3 N–H and O–H groups in total. The summed E-state index contributed by atoms with van der Waals surface area (Å²) in [5.74, 6) is -0.649. The van der Waals surface area contributed by atoms with E-state index in [1.54, 1.807) is 6.92 Å². The second kappa shape index (κ2) is 8.14. The van der Waals surface area contributed by atoms with Crippen molar-refractivity contribution in [3.63, 3.8) is 0 Å². The van der Waals surface area contributed by atoms with Crippen molar-refractivity contribution in [1.82, 2.24) is 0 Å². The van der Waals surface area contributed by atoms with Crippen LogP contribution in [0, 0.1) is 6.92 Å². The van der Waals surface area contributed by atoms with Gasteiger partial charge in [0.15, 0.2) is 0 Å². The Morgan fingerprint density at radius 3 is 2.52 bits per heavy atom. The van der Waals surface area contributed by atoms with Gasteiger partial charge >= 0.3 is 5.97 Å². The molecule has 6 heteroatoms. The van der Waals surface area contributed by atoms with E-state index >= 15 is 0 Å². The fourth-order valence-corrected chi connectivity index (χ4v) is 3.29. The number of amides is 1. The van der Waals surface area contributed by atoms with Crippen LogP contribution in [0.3, 0.4) is 0 Å². The molecule has 1 amide bonds. The molecule has 1 unspecified atom stereocenters. The fraction of sp³-hybridized carbons (Fsp3) is 0.600. The third-order valence-corrected chi connectivity index (χ3v) is 4.28. The van der Waals surface area contributed by atoms with Gasteiger partial charge in [-0.1, -0.05) is 20.3 Å². The minimum atomic E-state index is -0.558. The summed E-state index contributed by atoms with van der Waals surface area (Å²) in [4.78, 5) is 25.2. The normalized spacial score (nSPS) is 12.0. The van der Waals surface area contributed by atoms with Crippen molar-refractivity contribution < 1.29 is 14.3 Å². The lowest BCUT2D eigenvalue weighted by Crippen LogP contribution is -2.35. The number of hydrogen-bond donors (Lipinski definition) is 2. The van der Waals surface area contributed by atoms with Gasteiger partial charge in [0.25, 0.3) is 0 Å². The van der Waals surface area contributed by atoms with Gasteiger partial charge in [-0.3, -0.25) is 4.79 Å². The van der Waals surface area contributed by atoms with Gasteiger partial charge in [-0.25, -0.2) is 4.79 Å². The first-order chi connectivity index (χ1) is 9.96. The predicted octanol–water partition coefficient (Wildman–Crippen LogP) is 2.86. The second-order valence-electron chi connectivity index (χ2n) is 4.80. The molecular formula is C15H24N2O3S. The molecule has 0 radical (unpaired) electrons. The maximum atomic E-state index is 12.1. The van der Waals surface area contributed by atoms with E-state index in [1.807, 2.05) is 20.8 Å². The van der Waals surface area contributed by atoms with Gasteiger partial charge in [0.1, 0.15) is 5.00 Å². The topological polar surface area (TPSA) is 81.4 Å². The molecule has 0 saturated heterocycles. The van der Waals surface area contributed by atoms with E-state index in [4.69, 9.17) is 10.5 Å². The average Bonchev–Trinajstić information content (AvgIpc) is 2.74. The summed E-state index contributed by atoms with van der Waals surface area (Å²) in [6.45, 7) is 7.96. The molecule has 0 saturated carbocycles. The van der Waals surface area contributed by atoms with E-state index in [1.165, 1.54) is 11.3 Å². The zero-order valence-corrected chi connectivity index (χ0v) is 13.9. The molecule has 1 atom stereocenters. The number of aryl methyl sites for hydroxylation is 1. The highest BCUT2D eigenvalue weighted by Gasteiger charge is 2.24. The third-order valence-electron chi connectivity index (χ3n) is 3.22. The quantitative estimate of drug-likeness (QED) is 0.759. The molecule has 1 heterocycles. The fourth-order valence-electron chi connectivity index (χ4n) is 2.16. The van der Waals surface area contributed by atoms with Crippen LogP contribution in [0.4, 0.5) is 5.00 Å². The summed E-state index contributed by atoms with van der Waals surface area (Å²) >= 11 is 1.40. The Morgan fingerprint density at radius 1 is 1.33 bits per heavy atom. The smallest absolute Gasteiger partial charge is 0.341 e. The molecule has 118 valence electrons. The minimum absolute atomic E-state index is 0.258. The Kier molecular flexibility index (Phi) is 6.84. The minimum Gasteiger partial charge on any atom is -0.462 e. The van der Waals surface area contributed by atoms with Crippen LogP contribution in [0.25, 0.3) is 0 Å². The van der Waals surface area contributed by atoms with Crippen LogP contribution in [0.5, 0.6) is 0 Å². The van der Waals surface area contributed by atoms with Crippen molar-refractivity contribution in [3.8, 4) is 0 Å². The van der Waals surface area contributed by atoms with Crippen LogP contribution in [-0.4, -0.2) is 24.5 Å². The molecule has 0 aliphatic heterocycles. The highest BCUT2D eigenvalue weighted by atomic mass is 32.1. The predicted molar refractivity (Wildman–Crippen MR) is 85.9 cm³/mol. The molecule has 0 aliphatic carbocycles. The van der Waals surface area contributed by atoms with E-state index in [0.29, 0.717) is 30.0 Å². The Bertz CT molecular complexity index is 511. The van der Waals surface area contributed by atoms with Crippen LogP contribution in [0.15, 0.2) is 0 Å². The number of carbonyl (C=O) groups excluding carboxylic acids is 2. The largest absolute Gasteiger partial charge is 0.462 e. The Morgan fingerprint density at radius 2 is 2.00 bits per heavy atom. The van der Waals surface area contributed by atoms with Crippen molar-refractivity contribution >= 4 is 28.2 Å². The molecule has 0 fully saturated rings. The van der Waals surface area contributed by atoms with Crippen LogP contribution < -0.4 is 11.1 Å². The van der Waals surface area contributed by atoms with Crippen LogP contribution in [0.1, 0.15) is 54.4 Å². The SMILES string of the molecule is CCCC(N)C(=O)Nc1sc(C)c(CC)c1C(=O)OCC. The maximum Gasteiger partial charge on any atom is 0.341 e. The van der Waals surface area contributed by atoms with Gasteiger partial charge < -0.3 is 15.8 Å². The lowest BCUT2D eigenvalue weighted by molar-refractivity contribution is -0.117. The van der Waals surface area contributed by atoms with Crippen LogP contribution in [0.2, 0.25) is 0 Å². The number of hydrogen-bond acceptors (Lipinski definition) is 5. The van der Waals surface area contributed by atoms with Gasteiger partial charge in [0, 0.05) is 4.88 Å². The monoisotopic (exact) mass is 312 g/mol. The van der Waals surface area contributed by atoms with Crippen molar-refractivity contribution in [1.29, 1.82) is 0 Å². The van der Waals surface area contributed by atoms with Gasteiger partial charge in [-0.15, -0.1) is 11.3 Å². The number of nitrogens with one attached hydrogen (secondary N) is 1. The van der Waals surface area contributed by atoms with Gasteiger partial charge in [0.2, 0.25) is 5.91 Å². The summed E-state index contributed by atoms with van der Waals surface area (Å²) in [5.41, 5.74) is 7.21. The average molecular weight is 312 g/mol. The zero-order chi connectivity index (χ0) is 16.0. The molecular weight excluding hydrogens is 288 g/mol. The lowest BCUT2D eigenvalue weighted by Gasteiger charge is -2.11. The number of esters is 1. The molecule has 5 nitrogen and oxygen atoms in total. The molecule has 1 rings (SSSR count). The number of anilines is 1. The standard InChI is InChI=1S/C15H24N2O3S/c1-5-8-11(16)13(18)17-14-12(15(19)20-7-3)10(6-2)9(4)21-14/h11H,5-8,16H2,1-4H3,(H,17,18). The summed E-state index contributed by atoms with van der Waals surface area (Å²) in [6.07, 6.45) is 2.17. The summed E-state index contributed by atoms with van der Waals surface area (Å²) in [7, 11) is 0. The van der Waals surface area contributed by atoms with Gasteiger partial charge in [-0.2, -0.15) is 0 Å². The first kappa shape index (κ1) is 17.7. The Labute approximate surface area is 129 Å². The van der Waals surface area contributed by atoms with Crippen molar-refractivity contribution in [2.75, 3.05) is 11.9 Å². The maximum absolute atomic E-state index is 12.1. The second-order valence-corrected chi connectivity index (χ2v) is 6.02. The van der Waals surface area contributed by atoms with E-state index in [2.05, 4.69) is 5.32 Å². The number of carbonyl (C=O) groups is 2. The van der Waals surface area contributed by atoms with E-state index in [0.717, 1.165) is 16.9 Å².